The monoisotopic (exact) mass is 355 g/mol. The van der Waals surface area contributed by atoms with Crippen molar-refractivity contribution in [2.75, 3.05) is 6.61 Å². The number of benzene rings is 1. The molecule has 1 aromatic rings. The van der Waals surface area contributed by atoms with Crippen molar-refractivity contribution in [2.45, 2.75) is 44.2 Å². The van der Waals surface area contributed by atoms with Crippen molar-refractivity contribution >= 4 is 12.1 Å². The number of carbonyl (C=O) groups is 2. The predicted molar refractivity (Wildman–Crippen MR) is 83.1 cm³/mol. The molecule has 0 spiro atoms. The van der Waals surface area contributed by atoms with Crippen molar-refractivity contribution in [3.63, 3.8) is 0 Å². The lowest BCUT2D eigenvalue weighted by atomic mass is 9.97. The largest absolute Gasteiger partial charge is 0.511 e. The summed E-state index contributed by atoms with van der Waals surface area (Å²) in [4.78, 5) is 23.1. The molecule has 9 nitrogen and oxygen atoms in total. The molecule has 1 aliphatic rings. The lowest BCUT2D eigenvalue weighted by molar-refractivity contribution is -0.257. The smallest absolute Gasteiger partial charge is 0.429 e. The minimum atomic E-state index is -1.50. The number of aliphatic hydroxyl groups excluding tert-OH is 3. The average molecular weight is 355 g/mol. The molecule has 0 saturated carbocycles. The lowest BCUT2D eigenvalue weighted by Gasteiger charge is -2.41. The standard InChI is InChI=1S/C16H21NO8/c1-9(19)17-12-14(21)13(20)11(7-18)24-15(12)25-16(22)23-8-10-5-3-2-4-6-10/h2-6,11-15,18,20-21H,7-8H2,1H3,(H,17,19)/t11?,12-,13+,14-,15+/m1/s1. The Morgan fingerprint density at radius 2 is 1.88 bits per heavy atom. The molecular weight excluding hydrogens is 334 g/mol. The highest BCUT2D eigenvalue weighted by molar-refractivity contribution is 5.73. The molecule has 0 bridgehead atoms. The van der Waals surface area contributed by atoms with Crippen LogP contribution in [0.3, 0.4) is 0 Å². The van der Waals surface area contributed by atoms with Gasteiger partial charge in [-0.15, -0.1) is 0 Å². The first-order valence-electron chi connectivity index (χ1n) is 7.69. The summed E-state index contributed by atoms with van der Waals surface area (Å²) in [5.41, 5.74) is 0.742. The number of nitrogens with one attached hydrogen (secondary N) is 1. The summed E-state index contributed by atoms with van der Waals surface area (Å²) in [6.07, 6.45) is -6.64. The Labute approximate surface area is 144 Å². The number of aliphatic hydroxyl groups is 3. The van der Waals surface area contributed by atoms with E-state index in [2.05, 4.69) is 5.32 Å². The van der Waals surface area contributed by atoms with Crippen molar-refractivity contribution in [3.8, 4) is 0 Å². The molecule has 0 aromatic heterocycles. The summed E-state index contributed by atoms with van der Waals surface area (Å²) in [6.45, 7) is 0.553. The molecule has 5 atom stereocenters. The van der Waals surface area contributed by atoms with E-state index in [0.717, 1.165) is 5.56 Å². The van der Waals surface area contributed by atoms with E-state index in [-0.39, 0.29) is 6.61 Å². The maximum Gasteiger partial charge on any atom is 0.511 e. The Balaban J connectivity index is 1.99. The molecule has 0 aliphatic carbocycles. The molecule has 1 aromatic carbocycles. The molecule has 4 N–H and O–H groups in total. The summed E-state index contributed by atoms with van der Waals surface area (Å²) in [6, 6.07) is 7.69. The van der Waals surface area contributed by atoms with Gasteiger partial charge in [0.1, 0.15) is 31.0 Å². The van der Waals surface area contributed by atoms with Crippen LogP contribution in [0.1, 0.15) is 12.5 Å². The maximum atomic E-state index is 11.9. The summed E-state index contributed by atoms with van der Waals surface area (Å²) in [7, 11) is 0. The van der Waals surface area contributed by atoms with Crippen molar-refractivity contribution in [1.82, 2.24) is 5.32 Å². The number of amides is 1. The van der Waals surface area contributed by atoms with Crippen molar-refractivity contribution in [2.24, 2.45) is 0 Å². The zero-order valence-electron chi connectivity index (χ0n) is 13.6. The van der Waals surface area contributed by atoms with Crippen molar-refractivity contribution in [1.29, 1.82) is 0 Å². The number of rotatable bonds is 5. The predicted octanol–water partition coefficient (Wildman–Crippen LogP) is -0.717. The highest BCUT2D eigenvalue weighted by atomic mass is 16.8. The summed E-state index contributed by atoms with van der Waals surface area (Å²) in [5.74, 6) is -0.520. The van der Waals surface area contributed by atoms with Gasteiger partial charge in [0, 0.05) is 6.92 Å². The second-order valence-corrected chi connectivity index (χ2v) is 5.58. The topological polar surface area (TPSA) is 135 Å². The van der Waals surface area contributed by atoms with Gasteiger partial charge in [-0.25, -0.2) is 4.79 Å². The van der Waals surface area contributed by atoms with Gasteiger partial charge in [0.15, 0.2) is 0 Å². The van der Waals surface area contributed by atoms with E-state index in [0.29, 0.717) is 0 Å². The third-order valence-electron chi connectivity index (χ3n) is 3.66. The minimum Gasteiger partial charge on any atom is -0.429 e. The van der Waals surface area contributed by atoms with Gasteiger partial charge in [-0.2, -0.15) is 0 Å². The molecule has 1 saturated heterocycles. The van der Waals surface area contributed by atoms with Gasteiger partial charge in [-0.1, -0.05) is 30.3 Å². The Morgan fingerprint density at radius 1 is 1.20 bits per heavy atom. The Hall–Kier alpha value is -2.20. The van der Waals surface area contributed by atoms with E-state index in [9.17, 15) is 24.9 Å². The van der Waals surface area contributed by atoms with E-state index in [1.54, 1.807) is 24.3 Å². The van der Waals surface area contributed by atoms with E-state index >= 15 is 0 Å². The van der Waals surface area contributed by atoms with Gasteiger partial charge in [-0.05, 0) is 5.56 Å². The molecule has 9 heteroatoms. The second-order valence-electron chi connectivity index (χ2n) is 5.58. The quantitative estimate of drug-likeness (QED) is 0.509. The van der Waals surface area contributed by atoms with Crippen molar-refractivity contribution < 1.29 is 39.1 Å². The molecule has 0 radical (unpaired) electrons. The highest BCUT2D eigenvalue weighted by Crippen LogP contribution is 2.22. The van der Waals surface area contributed by atoms with Crippen LogP contribution in [0.2, 0.25) is 0 Å². The average Bonchev–Trinajstić information content (AvgIpc) is 2.60. The van der Waals surface area contributed by atoms with Gasteiger partial charge in [-0.3, -0.25) is 4.79 Å². The molecule has 1 amide bonds. The van der Waals surface area contributed by atoms with Crippen LogP contribution in [-0.2, 0) is 25.6 Å². The van der Waals surface area contributed by atoms with Crippen LogP contribution in [0.15, 0.2) is 30.3 Å². The van der Waals surface area contributed by atoms with Crippen LogP contribution in [0.5, 0.6) is 0 Å². The molecule has 138 valence electrons. The van der Waals surface area contributed by atoms with Crippen LogP contribution in [0.4, 0.5) is 4.79 Å². The van der Waals surface area contributed by atoms with Crippen LogP contribution in [0, 0.1) is 0 Å². The van der Waals surface area contributed by atoms with E-state index in [1.165, 1.54) is 6.92 Å². The van der Waals surface area contributed by atoms with E-state index in [1.807, 2.05) is 6.07 Å². The van der Waals surface area contributed by atoms with Crippen LogP contribution in [-0.4, -0.2) is 64.6 Å². The van der Waals surface area contributed by atoms with Gasteiger partial charge in [0.2, 0.25) is 12.2 Å². The third kappa shape index (κ3) is 5.13. The van der Waals surface area contributed by atoms with E-state index in [4.69, 9.17) is 14.2 Å². The molecule has 1 fully saturated rings. The molecule has 2 rings (SSSR count). The SMILES string of the molecule is CC(=O)N[C@H]1[C@H](OC(=O)OCc2ccccc2)OC(CO)[C@H](O)[C@@H]1O. The summed E-state index contributed by atoms with van der Waals surface area (Å²) < 4.78 is 15.2. The van der Waals surface area contributed by atoms with Gasteiger partial charge in [0.05, 0.1) is 6.61 Å². The normalized spacial score (nSPS) is 28.9. The number of ether oxygens (including phenoxy) is 3. The van der Waals surface area contributed by atoms with Gasteiger partial charge >= 0.3 is 6.16 Å². The molecule has 1 heterocycles. The molecular formula is C16H21NO8. The second kappa shape index (κ2) is 8.77. The Morgan fingerprint density at radius 3 is 2.48 bits per heavy atom. The fraction of sp³-hybridized carbons (Fsp3) is 0.500. The third-order valence-corrected chi connectivity index (χ3v) is 3.66. The zero-order valence-corrected chi connectivity index (χ0v) is 13.6. The Kier molecular flexibility index (Phi) is 6.71. The fourth-order valence-corrected chi connectivity index (χ4v) is 2.42. The number of hydrogen-bond acceptors (Lipinski definition) is 8. The Bertz CT molecular complexity index is 581. The van der Waals surface area contributed by atoms with E-state index < -0.39 is 49.3 Å². The first kappa shape index (κ1) is 19.1. The molecule has 25 heavy (non-hydrogen) atoms. The molecule has 1 unspecified atom stereocenters. The van der Waals surface area contributed by atoms with Gasteiger partial charge < -0.3 is 34.8 Å². The summed E-state index contributed by atoms with van der Waals surface area (Å²) >= 11 is 0. The number of carbonyl (C=O) groups excluding carboxylic acids is 2. The summed E-state index contributed by atoms with van der Waals surface area (Å²) in [5, 5.41) is 31.5. The minimum absolute atomic E-state index is 0.0359. The van der Waals surface area contributed by atoms with Crippen molar-refractivity contribution in [3.05, 3.63) is 35.9 Å². The van der Waals surface area contributed by atoms with Crippen LogP contribution < -0.4 is 5.32 Å². The first-order valence-corrected chi connectivity index (χ1v) is 7.69. The van der Waals surface area contributed by atoms with Crippen LogP contribution >= 0.6 is 0 Å². The fourth-order valence-electron chi connectivity index (χ4n) is 2.42. The van der Waals surface area contributed by atoms with Crippen LogP contribution in [0.25, 0.3) is 0 Å². The zero-order chi connectivity index (χ0) is 18.4. The maximum absolute atomic E-state index is 11.9. The number of hydrogen-bond donors (Lipinski definition) is 4. The van der Waals surface area contributed by atoms with Gasteiger partial charge in [0.25, 0.3) is 0 Å². The lowest BCUT2D eigenvalue weighted by Crippen LogP contribution is -2.64. The highest BCUT2D eigenvalue weighted by Gasteiger charge is 2.46. The molecule has 1 aliphatic heterocycles. The first-order chi connectivity index (χ1) is 11.9.